The van der Waals surface area contributed by atoms with Crippen LogP contribution in [0.4, 0.5) is 5.69 Å². The van der Waals surface area contributed by atoms with E-state index in [2.05, 4.69) is 65.6 Å². The van der Waals surface area contributed by atoms with Crippen molar-refractivity contribution in [2.45, 2.75) is 39.0 Å². The fourth-order valence-corrected chi connectivity index (χ4v) is 3.93. The summed E-state index contributed by atoms with van der Waals surface area (Å²) in [4.78, 5) is 11.5. The molecular weight excluding hydrogens is 443 g/mol. The van der Waals surface area contributed by atoms with Gasteiger partial charge in [0.05, 0.1) is 10.7 Å². The minimum Gasteiger partial charge on any atom is -0.356 e. The van der Waals surface area contributed by atoms with Crippen LogP contribution in [0, 0.1) is 0 Å². The highest BCUT2D eigenvalue weighted by atomic mass is 127. The van der Waals surface area contributed by atoms with E-state index < -0.39 is 0 Å². The molecule has 0 fully saturated rings. The van der Waals surface area contributed by atoms with Gasteiger partial charge < -0.3 is 10.2 Å². The molecule has 0 bridgehead atoms. The van der Waals surface area contributed by atoms with Crippen LogP contribution in [0.3, 0.4) is 0 Å². The van der Waals surface area contributed by atoms with E-state index in [9.17, 15) is 0 Å². The predicted octanol–water partition coefficient (Wildman–Crippen LogP) is 4.24. The van der Waals surface area contributed by atoms with Crippen LogP contribution in [0.5, 0.6) is 0 Å². The number of fused-ring (bicyclic) bond motifs is 1. The number of nitrogens with one attached hydrogen (secondary N) is 1. The van der Waals surface area contributed by atoms with Crippen molar-refractivity contribution in [2.75, 3.05) is 25.0 Å². The molecule has 0 radical (unpaired) electrons. The molecule has 0 unspecified atom stereocenters. The highest BCUT2D eigenvalue weighted by molar-refractivity contribution is 14.0. The van der Waals surface area contributed by atoms with Crippen LogP contribution >= 0.6 is 35.3 Å². The monoisotopic (exact) mass is 470 g/mol. The van der Waals surface area contributed by atoms with Crippen molar-refractivity contribution in [3.63, 3.8) is 0 Å². The van der Waals surface area contributed by atoms with E-state index >= 15 is 0 Å². The molecule has 2 heterocycles. The first-order chi connectivity index (χ1) is 11.5. The molecule has 0 aliphatic carbocycles. The molecule has 0 amide bonds. The van der Waals surface area contributed by atoms with Gasteiger partial charge in [0.1, 0.15) is 0 Å². The summed E-state index contributed by atoms with van der Waals surface area (Å²) in [7, 11) is 1.85. The molecule has 4 nitrogen and oxygen atoms in total. The van der Waals surface area contributed by atoms with Crippen LogP contribution in [0.2, 0.25) is 0 Å². The third kappa shape index (κ3) is 4.73. The van der Waals surface area contributed by atoms with Gasteiger partial charge >= 0.3 is 0 Å². The number of aromatic nitrogens is 1. The zero-order valence-corrected chi connectivity index (χ0v) is 18.5. The van der Waals surface area contributed by atoms with Crippen LogP contribution in [0.1, 0.15) is 37.0 Å². The van der Waals surface area contributed by atoms with Gasteiger partial charge in [-0.15, -0.1) is 35.3 Å². The number of nitrogens with zero attached hydrogens (tertiary/aromatic N) is 3. The standard InChI is InChI=1S/C19H26N4S.HI/c1-19(2,3)16-13-24-17(22-16)9-11-21-18(20-4)23-12-10-14-7-5-6-8-15(14)23;/h5-8,13H,9-12H2,1-4H3,(H,20,21);1H. The van der Waals surface area contributed by atoms with E-state index in [1.165, 1.54) is 22.0 Å². The van der Waals surface area contributed by atoms with Crippen molar-refractivity contribution in [3.8, 4) is 0 Å². The Morgan fingerprint density at radius 2 is 2.08 bits per heavy atom. The summed E-state index contributed by atoms with van der Waals surface area (Å²) in [6.07, 6.45) is 2.01. The Hall–Kier alpha value is -1.15. The molecule has 1 aromatic carbocycles. The third-order valence-corrected chi connectivity index (χ3v) is 5.21. The first kappa shape index (κ1) is 20.2. The maximum Gasteiger partial charge on any atom is 0.198 e. The predicted molar refractivity (Wildman–Crippen MR) is 119 cm³/mol. The Bertz CT molecular complexity index is 733. The Balaban J connectivity index is 0.00000225. The Labute approximate surface area is 171 Å². The molecule has 0 saturated heterocycles. The first-order valence-electron chi connectivity index (χ1n) is 8.50. The normalized spacial score (nSPS) is 14.2. The molecule has 1 N–H and O–H groups in total. The zero-order chi connectivity index (χ0) is 17.2. The highest BCUT2D eigenvalue weighted by Gasteiger charge is 2.22. The second kappa shape index (κ2) is 8.49. The van der Waals surface area contributed by atoms with E-state index in [0.29, 0.717) is 0 Å². The number of halogens is 1. The number of rotatable bonds is 3. The first-order valence-corrected chi connectivity index (χ1v) is 9.38. The Morgan fingerprint density at radius 3 is 2.76 bits per heavy atom. The quantitative estimate of drug-likeness (QED) is 0.415. The van der Waals surface area contributed by atoms with Gasteiger partial charge in [-0.1, -0.05) is 39.0 Å². The Morgan fingerprint density at radius 1 is 1.32 bits per heavy atom. The van der Waals surface area contributed by atoms with E-state index in [0.717, 1.165) is 31.9 Å². The summed E-state index contributed by atoms with van der Waals surface area (Å²) < 4.78 is 0. The molecule has 136 valence electrons. The minimum absolute atomic E-state index is 0. The van der Waals surface area contributed by atoms with Crippen molar-refractivity contribution in [3.05, 3.63) is 45.9 Å². The maximum absolute atomic E-state index is 4.76. The largest absolute Gasteiger partial charge is 0.356 e. The van der Waals surface area contributed by atoms with Gasteiger partial charge in [0, 0.05) is 43.0 Å². The molecule has 0 saturated carbocycles. The summed E-state index contributed by atoms with van der Waals surface area (Å²) in [6.45, 7) is 8.46. The van der Waals surface area contributed by atoms with Crippen LogP contribution in [0.15, 0.2) is 34.6 Å². The molecule has 3 rings (SSSR count). The number of guanidine groups is 1. The number of anilines is 1. The molecule has 1 aliphatic rings. The summed E-state index contributed by atoms with van der Waals surface area (Å²) in [5, 5.41) is 6.86. The lowest BCUT2D eigenvalue weighted by atomic mass is 9.93. The van der Waals surface area contributed by atoms with E-state index in [1.807, 2.05) is 7.05 Å². The van der Waals surface area contributed by atoms with Crippen molar-refractivity contribution in [1.82, 2.24) is 10.3 Å². The van der Waals surface area contributed by atoms with Crippen molar-refractivity contribution < 1.29 is 0 Å². The van der Waals surface area contributed by atoms with E-state index in [-0.39, 0.29) is 29.4 Å². The number of aliphatic imine (C=N–C) groups is 1. The van der Waals surface area contributed by atoms with Crippen LogP contribution in [-0.4, -0.2) is 31.1 Å². The van der Waals surface area contributed by atoms with Gasteiger partial charge in [-0.3, -0.25) is 4.99 Å². The molecule has 6 heteroatoms. The second-order valence-electron chi connectivity index (χ2n) is 7.13. The van der Waals surface area contributed by atoms with Crippen LogP contribution in [0.25, 0.3) is 0 Å². The van der Waals surface area contributed by atoms with Gasteiger partial charge in [-0.2, -0.15) is 0 Å². The fourth-order valence-electron chi connectivity index (χ4n) is 2.90. The van der Waals surface area contributed by atoms with E-state index in [4.69, 9.17) is 4.98 Å². The van der Waals surface area contributed by atoms with Crippen molar-refractivity contribution in [1.29, 1.82) is 0 Å². The van der Waals surface area contributed by atoms with Gasteiger partial charge in [0.25, 0.3) is 0 Å². The third-order valence-electron chi connectivity index (χ3n) is 4.30. The molecule has 0 spiro atoms. The van der Waals surface area contributed by atoms with Crippen molar-refractivity contribution in [2.24, 2.45) is 4.99 Å². The lowest BCUT2D eigenvalue weighted by Crippen LogP contribution is -2.41. The topological polar surface area (TPSA) is 40.5 Å². The van der Waals surface area contributed by atoms with Gasteiger partial charge in [-0.05, 0) is 18.1 Å². The second-order valence-corrected chi connectivity index (χ2v) is 8.07. The molecule has 1 aliphatic heterocycles. The SMILES string of the molecule is CN=C(NCCc1nc(C(C)(C)C)cs1)N1CCc2ccccc21.I. The van der Waals surface area contributed by atoms with Gasteiger partial charge in [0.2, 0.25) is 0 Å². The fraction of sp³-hybridized carbons (Fsp3) is 0.474. The molecule has 1 aromatic heterocycles. The smallest absolute Gasteiger partial charge is 0.198 e. The maximum atomic E-state index is 4.76. The lowest BCUT2D eigenvalue weighted by molar-refractivity contribution is 0.570. The number of thiazole rings is 1. The Kier molecular flexibility index (Phi) is 6.85. The minimum atomic E-state index is 0. The lowest BCUT2D eigenvalue weighted by Gasteiger charge is -2.22. The number of hydrogen-bond acceptors (Lipinski definition) is 3. The number of para-hydroxylation sites is 1. The summed E-state index contributed by atoms with van der Waals surface area (Å²) in [5.41, 5.74) is 3.97. The van der Waals surface area contributed by atoms with Crippen LogP contribution < -0.4 is 10.2 Å². The van der Waals surface area contributed by atoms with E-state index in [1.54, 1.807) is 11.3 Å². The average Bonchev–Trinajstić information content (AvgIpc) is 3.18. The molecule has 25 heavy (non-hydrogen) atoms. The molecule has 2 aromatic rings. The summed E-state index contributed by atoms with van der Waals surface area (Å²) in [5.74, 6) is 0.951. The number of benzene rings is 1. The molecule has 0 atom stereocenters. The van der Waals surface area contributed by atoms with Gasteiger partial charge in [-0.25, -0.2) is 4.98 Å². The summed E-state index contributed by atoms with van der Waals surface area (Å²) >= 11 is 1.75. The summed E-state index contributed by atoms with van der Waals surface area (Å²) in [6, 6.07) is 8.57. The molecular formula is C19H27IN4S. The van der Waals surface area contributed by atoms with Crippen molar-refractivity contribution >= 4 is 47.0 Å². The average molecular weight is 470 g/mol. The van der Waals surface area contributed by atoms with Gasteiger partial charge in [0.15, 0.2) is 5.96 Å². The van der Waals surface area contributed by atoms with Crippen LogP contribution in [-0.2, 0) is 18.3 Å². The number of hydrogen-bond donors (Lipinski definition) is 1. The highest BCUT2D eigenvalue weighted by Crippen LogP contribution is 2.27. The zero-order valence-electron chi connectivity index (χ0n) is 15.4.